The number of ether oxygens (including phenoxy) is 2. The molecule has 0 amide bonds. The summed E-state index contributed by atoms with van der Waals surface area (Å²) in [4.78, 5) is 11.1. The van der Waals surface area contributed by atoms with E-state index in [1.807, 2.05) is 19.1 Å². The Balaban J connectivity index is 2.85. The van der Waals surface area contributed by atoms with Crippen LogP contribution in [0.15, 0.2) is 18.2 Å². The maximum Gasteiger partial charge on any atom is 0.343 e. The van der Waals surface area contributed by atoms with Crippen LogP contribution in [0.4, 0.5) is 0 Å². The van der Waals surface area contributed by atoms with Crippen LogP contribution >= 0.6 is 0 Å². The zero-order valence-electron chi connectivity index (χ0n) is 11.4. The normalized spacial score (nSPS) is 12.0. The Morgan fingerprint density at radius 2 is 2.17 bits per heavy atom. The highest BCUT2D eigenvalue weighted by molar-refractivity contribution is 5.70. The first kappa shape index (κ1) is 14.5. The first-order valence-electron chi connectivity index (χ1n) is 6.12. The Morgan fingerprint density at radius 1 is 1.44 bits per heavy atom. The van der Waals surface area contributed by atoms with Crippen LogP contribution in [-0.2, 0) is 9.53 Å². The molecular weight excluding hydrogens is 230 g/mol. The Hall–Kier alpha value is -1.55. The molecule has 1 unspecified atom stereocenters. The second-order valence-corrected chi connectivity index (χ2v) is 4.19. The third-order valence-electron chi connectivity index (χ3n) is 2.72. The number of methoxy groups -OCH3 is 1. The zero-order valence-corrected chi connectivity index (χ0v) is 11.4. The van der Waals surface area contributed by atoms with Crippen molar-refractivity contribution in [1.82, 2.24) is 5.32 Å². The summed E-state index contributed by atoms with van der Waals surface area (Å²) in [5.41, 5.74) is 2.22. The Bertz CT molecular complexity index is 404. The quantitative estimate of drug-likeness (QED) is 0.787. The van der Waals surface area contributed by atoms with E-state index in [-0.39, 0.29) is 18.6 Å². The number of rotatable bonds is 6. The lowest BCUT2D eigenvalue weighted by Gasteiger charge is -2.18. The topological polar surface area (TPSA) is 47.6 Å². The molecule has 1 rings (SSSR count). The zero-order chi connectivity index (χ0) is 13.5. The highest BCUT2D eigenvalue weighted by Gasteiger charge is 2.12. The third-order valence-corrected chi connectivity index (χ3v) is 2.72. The Kier molecular flexibility index (Phi) is 5.65. The fourth-order valence-electron chi connectivity index (χ4n) is 1.75. The minimum Gasteiger partial charge on any atom is -0.482 e. The minimum absolute atomic E-state index is 0.0641. The standard InChI is InChI=1S/C14H21NO3/c1-5-15-11(3)12-8-10(2)6-7-13(12)18-9-14(16)17-4/h6-8,11,15H,5,9H2,1-4H3. The molecule has 1 aromatic rings. The van der Waals surface area contributed by atoms with Gasteiger partial charge in [0.2, 0.25) is 0 Å². The van der Waals surface area contributed by atoms with E-state index in [0.29, 0.717) is 0 Å². The second kappa shape index (κ2) is 7.01. The van der Waals surface area contributed by atoms with E-state index < -0.39 is 0 Å². The highest BCUT2D eigenvalue weighted by Crippen LogP contribution is 2.26. The number of carbonyl (C=O) groups is 1. The van der Waals surface area contributed by atoms with Gasteiger partial charge in [-0.05, 0) is 26.5 Å². The van der Waals surface area contributed by atoms with Gasteiger partial charge in [0.15, 0.2) is 6.61 Å². The summed E-state index contributed by atoms with van der Waals surface area (Å²) >= 11 is 0. The van der Waals surface area contributed by atoms with E-state index in [2.05, 4.69) is 30.0 Å². The molecular formula is C14H21NO3. The van der Waals surface area contributed by atoms with Crippen molar-refractivity contribution in [1.29, 1.82) is 0 Å². The van der Waals surface area contributed by atoms with Crippen LogP contribution in [0.2, 0.25) is 0 Å². The average Bonchev–Trinajstić information content (AvgIpc) is 2.37. The van der Waals surface area contributed by atoms with Crippen molar-refractivity contribution in [3.8, 4) is 5.75 Å². The first-order valence-corrected chi connectivity index (χ1v) is 6.12. The molecule has 1 atom stereocenters. The van der Waals surface area contributed by atoms with Gasteiger partial charge in [-0.1, -0.05) is 24.6 Å². The van der Waals surface area contributed by atoms with Gasteiger partial charge in [0.25, 0.3) is 0 Å². The van der Waals surface area contributed by atoms with Crippen molar-refractivity contribution in [2.75, 3.05) is 20.3 Å². The number of esters is 1. The summed E-state index contributed by atoms with van der Waals surface area (Å²) in [6.45, 7) is 6.98. The van der Waals surface area contributed by atoms with Gasteiger partial charge in [-0.25, -0.2) is 4.79 Å². The second-order valence-electron chi connectivity index (χ2n) is 4.19. The first-order chi connectivity index (χ1) is 8.58. The summed E-state index contributed by atoms with van der Waals surface area (Å²) in [6.07, 6.45) is 0. The van der Waals surface area contributed by atoms with E-state index in [4.69, 9.17) is 4.74 Å². The van der Waals surface area contributed by atoms with Gasteiger partial charge in [-0.3, -0.25) is 0 Å². The van der Waals surface area contributed by atoms with E-state index in [0.717, 1.165) is 17.9 Å². The van der Waals surface area contributed by atoms with Crippen molar-refractivity contribution in [2.45, 2.75) is 26.8 Å². The lowest BCUT2D eigenvalue weighted by molar-refractivity contribution is -0.142. The predicted octanol–water partition coefficient (Wildman–Crippen LogP) is 2.22. The molecule has 0 heterocycles. The van der Waals surface area contributed by atoms with Crippen LogP contribution in [0.1, 0.15) is 31.0 Å². The summed E-state index contributed by atoms with van der Waals surface area (Å²) in [5.74, 6) is 0.345. The average molecular weight is 251 g/mol. The fraction of sp³-hybridized carbons (Fsp3) is 0.500. The third kappa shape index (κ3) is 4.04. The van der Waals surface area contributed by atoms with E-state index in [1.165, 1.54) is 12.7 Å². The van der Waals surface area contributed by atoms with E-state index >= 15 is 0 Å². The monoisotopic (exact) mass is 251 g/mol. The van der Waals surface area contributed by atoms with E-state index in [9.17, 15) is 4.79 Å². The molecule has 0 aromatic heterocycles. The smallest absolute Gasteiger partial charge is 0.343 e. The molecule has 0 aliphatic carbocycles. The lowest BCUT2D eigenvalue weighted by Crippen LogP contribution is -2.20. The van der Waals surface area contributed by atoms with Gasteiger partial charge in [-0.2, -0.15) is 0 Å². The number of carbonyl (C=O) groups excluding carboxylic acids is 1. The Labute approximate surface area is 108 Å². The molecule has 1 aromatic carbocycles. The van der Waals surface area contributed by atoms with Crippen LogP contribution in [0, 0.1) is 6.92 Å². The molecule has 0 saturated heterocycles. The summed E-state index contributed by atoms with van der Waals surface area (Å²) in [6, 6.07) is 6.11. The van der Waals surface area contributed by atoms with E-state index in [1.54, 1.807) is 0 Å². The van der Waals surface area contributed by atoms with Crippen molar-refractivity contribution >= 4 is 5.97 Å². The molecule has 0 aliphatic heterocycles. The number of hydrogen-bond donors (Lipinski definition) is 1. The maximum absolute atomic E-state index is 11.1. The van der Waals surface area contributed by atoms with Gasteiger partial charge in [0.1, 0.15) is 5.75 Å². The van der Waals surface area contributed by atoms with Gasteiger partial charge < -0.3 is 14.8 Å². The summed E-state index contributed by atoms with van der Waals surface area (Å²) in [7, 11) is 1.35. The predicted molar refractivity (Wildman–Crippen MR) is 70.8 cm³/mol. The molecule has 4 nitrogen and oxygen atoms in total. The largest absolute Gasteiger partial charge is 0.482 e. The number of hydrogen-bond acceptors (Lipinski definition) is 4. The number of aryl methyl sites for hydroxylation is 1. The summed E-state index contributed by atoms with van der Waals surface area (Å²) < 4.78 is 10.1. The van der Waals surface area contributed by atoms with Gasteiger partial charge >= 0.3 is 5.97 Å². The molecule has 0 spiro atoms. The lowest BCUT2D eigenvalue weighted by atomic mass is 10.0. The van der Waals surface area contributed by atoms with Crippen LogP contribution in [0.5, 0.6) is 5.75 Å². The van der Waals surface area contributed by atoms with Crippen LogP contribution in [0.3, 0.4) is 0 Å². The molecule has 4 heteroatoms. The SMILES string of the molecule is CCNC(C)c1cc(C)ccc1OCC(=O)OC. The molecule has 18 heavy (non-hydrogen) atoms. The molecule has 1 N–H and O–H groups in total. The van der Waals surface area contributed by atoms with Gasteiger partial charge in [0.05, 0.1) is 7.11 Å². The number of nitrogens with one attached hydrogen (secondary N) is 1. The van der Waals surface area contributed by atoms with Gasteiger partial charge in [-0.15, -0.1) is 0 Å². The minimum atomic E-state index is -0.377. The maximum atomic E-state index is 11.1. The van der Waals surface area contributed by atoms with Crippen LogP contribution in [-0.4, -0.2) is 26.2 Å². The molecule has 0 bridgehead atoms. The van der Waals surface area contributed by atoms with Crippen molar-refractivity contribution in [3.05, 3.63) is 29.3 Å². The van der Waals surface area contributed by atoms with Gasteiger partial charge in [0, 0.05) is 11.6 Å². The van der Waals surface area contributed by atoms with Crippen LogP contribution < -0.4 is 10.1 Å². The fourth-order valence-corrected chi connectivity index (χ4v) is 1.75. The molecule has 0 fully saturated rings. The van der Waals surface area contributed by atoms with Crippen LogP contribution in [0.25, 0.3) is 0 Å². The van der Waals surface area contributed by atoms with Crippen molar-refractivity contribution < 1.29 is 14.3 Å². The highest BCUT2D eigenvalue weighted by atomic mass is 16.6. The van der Waals surface area contributed by atoms with Crippen molar-refractivity contribution in [3.63, 3.8) is 0 Å². The molecule has 0 radical (unpaired) electrons. The molecule has 100 valence electrons. The molecule has 0 saturated carbocycles. The summed E-state index contributed by atoms with van der Waals surface area (Å²) in [5, 5.41) is 3.33. The Morgan fingerprint density at radius 3 is 2.78 bits per heavy atom. The number of benzene rings is 1. The van der Waals surface area contributed by atoms with Crippen molar-refractivity contribution in [2.24, 2.45) is 0 Å². The molecule has 0 aliphatic rings.